The van der Waals surface area contributed by atoms with Gasteiger partial charge in [-0.15, -0.1) is 0 Å². The van der Waals surface area contributed by atoms with Gasteiger partial charge < -0.3 is 10.8 Å². The molecule has 0 fully saturated rings. The van der Waals surface area contributed by atoms with Gasteiger partial charge in [-0.3, -0.25) is 5.21 Å². The van der Waals surface area contributed by atoms with Crippen molar-refractivity contribution >= 4 is 11.8 Å². The van der Waals surface area contributed by atoms with E-state index in [0.717, 1.165) is 0 Å². The van der Waals surface area contributed by atoms with Gasteiger partial charge in [-0.1, -0.05) is 6.07 Å². The summed E-state index contributed by atoms with van der Waals surface area (Å²) in [6.45, 7) is -0.192. The van der Waals surface area contributed by atoms with Crippen LogP contribution in [0, 0.1) is 0 Å². The Labute approximate surface area is 80.5 Å². The smallest absolute Gasteiger partial charge is 0.330 e. The van der Waals surface area contributed by atoms with Gasteiger partial charge >= 0.3 is 5.97 Å². The first-order valence-corrected chi connectivity index (χ1v) is 3.99. The van der Waals surface area contributed by atoms with Crippen LogP contribution < -0.4 is 10.8 Å². The molecule has 0 bridgehead atoms. The summed E-state index contributed by atoms with van der Waals surface area (Å²) in [5.74, 6) is -1.04. The molecule has 1 aromatic rings. The molecule has 0 amide bonds. The van der Waals surface area contributed by atoms with Gasteiger partial charge in [-0.25, -0.2) is 14.8 Å². The molecule has 76 valence electrons. The minimum absolute atomic E-state index is 0.158. The van der Waals surface area contributed by atoms with Gasteiger partial charge in [0.05, 0.1) is 0 Å². The van der Waals surface area contributed by atoms with E-state index >= 15 is 0 Å². The fourth-order valence-electron chi connectivity index (χ4n) is 0.954. The monoisotopic (exact) mass is 197 g/mol. The summed E-state index contributed by atoms with van der Waals surface area (Å²) >= 11 is 0. The van der Waals surface area contributed by atoms with Crippen LogP contribution in [0.25, 0.3) is 0 Å². The number of carboxylic acids is 1. The molecule has 1 heterocycles. The fraction of sp³-hybridized carbons (Fsp3) is 0.250. The van der Waals surface area contributed by atoms with Crippen molar-refractivity contribution in [2.24, 2.45) is 5.73 Å². The van der Waals surface area contributed by atoms with Gasteiger partial charge in [0.15, 0.2) is 11.9 Å². The van der Waals surface area contributed by atoms with Crippen molar-refractivity contribution in [2.45, 2.75) is 6.04 Å². The van der Waals surface area contributed by atoms with Crippen molar-refractivity contribution in [2.75, 3.05) is 11.6 Å². The maximum absolute atomic E-state index is 10.6. The Morgan fingerprint density at radius 1 is 1.64 bits per heavy atom. The highest BCUT2D eigenvalue weighted by Gasteiger charge is 2.23. The third-order valence-electron chi connectivity index (χ3n) is 1.69. The molecule has 6 nitrogen and oxygen atoms in total. The number of carbonyl (C=O) groups is 1. The van der Waals surface area contributed by atoms with Crippen molar-refractivity contribution in [3.8, 4) is 0 Å². The molecule has 0 saturated heterocycles. The van der Waals surface area contributed by atoms with Crippen LogP contribution in [0.15, 0.2) is 24.4 Å². The van der Waals surface area contributed by atoms with E-state index < -0.39 is 12.0 Å². The number of aliphatic carboxylic acids is 1. The molecule has 0 aromatic carbocycles. The fourth-order valence-corrected chi connectivity index (χ4v) is 0.954. The van der Waals surface area contributed by atoms with Crippen LogP contribution in [0.5, 0.6) is 0 Å². The molecule has 1 rings (SSSR count). The predicted molar refractivity (Wildman–Crippen MR) is 49.0 cm³/mol. The Hall–Kier alpha value is -1.66. The van der Waals surface area contributed by atoms with E-state index in [1.807, 2.05) is 0 Å². The summed E-state index contributed by atoms with van der Waals surface area (Å²) in [5.41, 5.74) is 5.20. The third kappa shape index (κ3) is 2.18. The third-order valence-corrected chi connectivity index (χ3v) is 1.69. The molecule has 0 aliphatic rings. The maximum atomic E-state index is 10.6. The van der Waals surface area contributed by atoms with Crippen molar-refractivity contribution in [3.05, 3.63) is 24.4 Å². The summed E-state index contributed by atoms with van der Waals surface area (Å²) in [4.78, 5) is 14.4. The van der Waals surface area contributed by atoms with Crippen LogP contribution in [0.2, 0.25) is 0 Å². The lowest BCUT2D eigenvalue weighted by molar-refractivity contribution is -0.139. The normalized spacial score (nSPS) is 12.1. The predicted octanol–water partition coefficient (Wildman–Crippen LogP) is -0.311. The van der Waals surface area contributed by atoms with E-state index in [9.17, 15) is 10.0 Å². The highest BCUT2D eigenvalue weighted by atomic mass is 16.5. The van der Waals surface area contributed by atoms with Crippen molar-refractivity contribution < 1.29 is 15.1 Å². The Morgan fingerprint density at radius 3 is 2.79 bits per heavy atom. The second-order valence-corrected chi connectivity index (χ2v) is 2.62. The molecule has 0 saturated carbocycles. The number of nitrogens with zero attached hydrogens (tertiary/aromatic N) is 2. The lowest BCUT2D eigenvalue weighted by Gasteiger charge is -2.21. The number of hydroxylamine groups is 1. The maximum Gasteiger partial charge on any atom is 0.330 e. The zero-order valence-corrected chi connectivity index (χ0v) is 7.37. The lowest BCUT2D eigenvalue weighted by atomic mass is 10.3. The van der Waals surface area contributed by atoms with Gasteiger partial charge in [0, 0.05) is 12.7 Å². The molecule has 0 aliphatic carbocycles. The number of pyridine rings is 1. The molecular formula is C8H11N3O3. The second-order valence-electron chi connectivity index (χ2n) is 2.62. The van der Waals surface area contributed by atoms with Crippen molar-refractivity contribution in [1.29, 1.82) is 0 Å². The molecule has 14 heavy (non-hydrogen) atoms. The van der Waals surface area contributed by atoms with Crippen LogP contribution >= 0.6 is 0 Å². The van der Waals surface area contributed by atoms with Gasteiger partial charge in [-0.05, 0) is 12.1 Å². The first kappa shape index (κ1) is 10.4. The summed E-state index contributed by atoms with van der Waals surface area (Å²) in [7, 11) is 0. The first-order chi connectivity index (χ1) is 6.66. The van der Waals surface area contributed by atoms with E-state index in [0.29, 0.717) is 5.06 Å². The van der Waals surface area contributed by atoms with E-state index in [2.05, 4.69) is 4.98 Å². The van der Waals surface area contributed by atoms with Gasteiger partial charge in [0.1, 0.15) is 0 Å². The molecular weight excluding hydrogens is 186 g/mol. The van der Waals surface area contributed by atoms with Crippen LogP contribution in [-0.2, 0) is 4.79 Å². The summed E-state index contributed by atoms with van der Waals surface area (Å²) < 4.78 is 0. The first-order valence-electron chi connectivity index (χ1n) is 3.99. The van der Waals surface area contributed by atoms with E-state index in [4.69, 9.17) is 10.8 Å². The Kier molecular flexibility index (Phi) is 3.38. The van der Waals surface area contributed by atoms with Crippen LogP contribution in [-0.4, -0.2) is 33.9 Å². The second kappa shape index (κ2) is 4.54. The highest BCUT2D eigenvalue weighted by Crippen LogP contribution is 2.09. The molecule has 0 aliphatic heterocycles. The van der Waals surface area contributed by atoms with Gasteiger partial charge in [0.2, 0.25) is 0 Å². The summed E-state index contributed by atoms with van der Waals surface area (Å²) in [6, 6.07) is 3.62. The minimum atomic E-state index is -1.19. The Morgan fingerprint density at radius 2 is 2.36 bits per heavy atom. The van der Waals surface area contributed by atoms with Gasteiger partial charge in [0.25, 0.3) is 0 Å². The average Bonchev–Trinajstić information content (AvgIpc) is 2.19. The average molecular weight is 197 g/mol. The number of anilines is 1. The van der Waals surface area contributed by atoms with E-state index in [-0.39, 0.29) is 12.4 Å². The standard InChI is InChI=1S/C8H11N3O3/c9-5-6(8(12)13)11(14)7-3-1-2-4-10-7/h1-4,6,14H,5,9H2,(H,12,13)/t6-/m0/s1. The zero-order valence-electron chi connectivity index (χ0n) is 7.37. The lowest BCUT2D eigenvalue weighted by Crippen LogP contribution is -2.44. The Balaban J connectivity index is 2.83. The van der Waals surface area contributed by atoms with E-state index in [1.54, 1.807) is 12.1 Å². The number of nitrogens with two attached hydrogens (primary N) is 1. The Bertz CT molecular complexity index is 304. The zero-order chi connectivity index (χ0) is 10.6. The molecule has 6 heteroatoms. The molecule has 0 radical (unpaired) electrons. The number of aromatic nitrogens is 1. The van der Waals surface area contributed by atoms with Gasteiger partial charge in [-0.2, -0.15) is 0 Å². The van der Waals surface area contributed by atoms with Crippen LogP contribution in [0.4, 0.5) is 5.82 Å². The van der Waals surface area contributed by atoms with Crippen LogP contribution in [0.3, 0.4) is 0 Å². The molecule has 4 N–H and O–H groups in total. The SMILES string of the molecule is NC[C@@H](C(=O)O)N(O)c1ccccn1. The summed E-state index contributed by atoms with van der Waals surface area (Å²) in [6.07, 6.45) is 1.45. The summed E-state index contributed by atoms with van der Waals surface area (Å²) in [5, 5.41) is 18.7. The van der Waals surface area contributed by atoms with E-state index in [1.165, 1.54) is 12.3 Å². The molecule has 0 spiro atoms. The largest absolute Gasteiger partial charge is 0.480 e. The quantitative estimate of drug-likeness (QED) is 0.572. The van der Waals surface area contributed by atoms with Crippen molar-refractivity contribution in [1.82, 2.24) is 4.98 Å². The molecule has 1 aromatic heterocycles. The van der Waals surface area contributed by atoms with Crippen molar-refractivity contribution in [3.63, 3.8) is 0 Å². The number of carboxylic acid groups (broad SMARTS) is 1. The topological polar surface area (TPSA) is 99.7 Å². The number of hydrogen-bond donors (Lipinski definition) is 3. The highest BCUT2D eigenvalue weighted by molar-refractivity contribution is 5.77. The molecule has 0 unspecified atom stereocenters. The number of rotatable bonds is 4. The minimum Gasteiger partial charge on any atom is -0.480 e. The van der Waals surface area contributed by atoms with Crippen LogP contribution in [0.1, 0.15) is 0 Å². The molecule has 1 atom stereocenters. The number of hydrogen-bond acceptors (Lipinski definition) is 5.